The predicted molar refractivity (Wildman–Crippen MR) is 66.9 cm³/mol. The lowest BCUT2D eigenvalue weighted by Gasteiger charge is -2.12. The summed E-state index contributed by atoms with van der Waals surface area (Å²) in [6.45, 7) is 0. The second kappa shape index (κ2) is 5.68. The van der Waals surface area contributed by atoms with E-state index in [1.54, 1.807) is 18.2 Å². The van der Waals surface area contributed by atoms with Crippen LogP contribution < -0.4 is 14.8 Å². The summed E-state index contributed by atoms with van der Waals surface area (Å²) in [5.41, 5.74) is 0.339. The number of rotatable bonds is 4. The molecule has 0 aliphatic carbocycles. The molecule has 0 aliphatic rings. The molecular formula is C13H11F3N2O2. The van der Waals surface area contributed by atoms with E-state index in [1.165, 1.54) is 14.2 Å². The van der Waals surface area contributed by atoms with Gasteiger partial charge in [-0.1, -0.05) is 0 Å². The highest BCUT2D eigenvalue weighted by Gasteiger charge is 2.13. The van der Waals surface area contributed by atoms with E-state index in [4.69, 9.17) is 9.47 Å². The zero-order chi connectivity index (χ0) is 14.7. The molecule has 0 atom stereocenters. The van der Waals surface area contributed by atoms with Gasteiger partial charge in [0.25, 0.3) is 5.95 Å². The van der Waals surface area contributed by atoms with Crippen molar-refractivity contribution in [3.05, 3.63) is 41.8 Å². The van der Waals surface area contributed by atoms with Crippen LogP contribution in [-0.4, -0.2) is 19.2 Å². The van der Waals surface area contributed by atoms with Gasteiger partial charge in [0.15, 0.2) is 17.5 Å². The molecule has 1 aromatic carbocycles. The molecule has 0 saturated heterocycles. The van der Waals surface area contributed by atoms with Gasteiger partial charge >= 0.3 is 0 Å². The smallest absolute Gasteiger partial charge is 0.251 e. The van der Waals surface area contributed by atoms with Crippen molar-refractivity contribution in [3.63, 3.8) is 0 Å². The molecule has 0 unspecified atom stereocenters. The van der Waals surface area contributed by atoms with E-state index >= 15 is 0 Å². The lowest BCUT2D eigenvalue weighted by Crippen LogP contribution is -2.03. The SMILES string of the molecule is COc1ccc(Nc2nc(F)c(F)cc2F)c(OC)c1. The van der Waals surface area contributed by atoms with Gasteiger partial charge in [-0.05, 0) is 12.1 Å². The maximum atomic E-state index is 13.5. The quantitative estimate of drug-likeness (QED) is 0.875. The van der Waals surface area contributed by atoms with Crippen molar-refractivity contribution in [2.45, 2.75) is 0 Å². The second-order valence-electron chi connectivity index (χ2n) is 3.78. The van der Waals surface area contributed by atoms with Gasteiger partial charge in [0.2, 0.25) is 0 Å². The van der Waals surface area contributed by atoms with Crippen molar-refractivity contribution in [2.75, 3.05) is 19.5 Å². The molecule has 0 fully saturated rings. The first-order valence-corrected chi connectivity index (χ1v) is 5.55. The van der Waals surface area contributed by atoms with Crippen molar-refractivity contribution >= 4 is 11.5 Å². The van der Waals surface area contributed by atoms with E-state index in [9.17, 15) is 13.2 Å². The number of benzene rings is 1. The zero-order valence-corrected chi connectivity index (χ0v) is 10.7. The van der Waals surface area contributed by atoms with Gasteiger partial charge in [-0.3, -0.25) is 0 Å². The first-order chi connectivity index (χ1) is 9.55. The van der Waals surface area contributed by atoms with Crippen LogP contribution in [0.25, 0.3) is 0 Å². The van der Waals surface area contributed by atoms with E-state index in [-0.39, 0.29) is 0 Å². The predicted octanol–water partition coefficient (Wildman–Crippen LogP) is 3.26. The molecule has 0 spiro atoms. The van der Waals surface area contributed by atoms with E-state index in [1.807, 2.05) is 0 Å². The Hall–Kier alpha value is -2.44. The first-order valence-electron chi connectivity index (χ1n) is 5.55. The van der Waals surface area contributed by atoms with Crippen LogP contribution in [0.2, 0.25) is 0 Å². The highest BCUT2D eigenvalue weighted by molar-refractivity contribution is 5.66. The minimum absolute atomic E-state index is 0.339. The Morgan fingerprint density at radius 2 is 1.75 bits per heavy atom. The average molecular weight is 284 g/mol. The highest BCUT2D eigenvalue weighted by atomic mass is 19.2. The number of anilines is 2. The minimum atomic E-state index is -1.39. The van der Waals surface area contributed by atoms with Gasteiger partial charge in [-0.15, -0.1) is 0 Å². The van der Waals surface area contributed by atoms with Crippen LogP contribution >= 0.6 is 0 Å². The number of nitrogens with one attached hydrogen (secondary N) is 1. The van der Waals surface area contributed by atoms with Crippen molar-refractivity contribution < 1.29 is 22.6 Å². The summed E-state index contributed by atoms with van der Waals surface area (Å²) in [6.07, 6.45) is 0. The standard InChI is InChI=1S/C13H11F3N2O2/c1-19-7-3-4-10(11(5-7)20-2)17-13-9(15)6-8(14)12(16)18-13/h3-6H,1-2H3,(H,17,18). The van der Waals surface area contributed by atoms with Crippen molar-refractivity contribution in [1.29, 1.82) is 0 Å². The van der Waals surface area contributed by atoms with E-state index in [2.05, 4.69) is 10.3 Å². The summed E-state index contributed by atoms with van der Waals surface area (Å²) >= 11 is 0. The summed E-state index contributed by atoms with van der Waals surface area (Å²) in [5.74, 6) is -3.31. The summed E-state index contributed by atoms with van der Waals surface area (Å²) in [6, 6.07) is 5.11. The molecule has 0 bridgehead atoms. The molecule has 0 aliphatic heterocycles. The molecule has 1 aromatic heterocycles. The molecule has 0 saturated carbocycles. The molecule has 0 amide bonds. The molecule has 1 heterocycles. The van der Waals surface area contributed by atoms with Gasteiger partial charge in [0, 0.05) is 12.1 Å². The Bertz CT molecular complexity index is 635. The Morgan fingerprint density at radius 3 is 2.40 bits per heavy atom. The molecule has 4 nitrogen and oxygen atoms in total. The number of methoxy groups -OCH3 is 2. The van der Waals surface area contributed by atoms with Crippen molar-refractivity contribution in [1.82, 2.24) is 4.98 Å². The average Bonchev–Trinajstić information content (AvgIpc) is 2.45. The Kier molecular flexibility index (Phi) is 3.97. The van der Waals surface area contributed by atoms with Crippen LogP contribution in [0.15, 0.2) is 24.3 Å². The van der Waals surface area contributed by atoms with E-state index in [0.29, 0.717) is 23.3 Å². The van der Waals surface area contributed by atoms with Gasteiger partial charge < -0.3 is 14.8 Å². The summed E-state index contributed by atoms with van der Waals surface area (Å²) in [4.78, 5) is 3.17. The van der Waals surface area contributed by atoms with Crippen molar-refractivity contribution in [2.24, 2.45) is 0 Å². The molecule has 2 rings (SSSR count). The maximum absolute atomic E-state index is 13.5. The van der Waals surface area contributed by atoms with Gasteiger partial charge in [-0.2, -0.15) is 9.37 Å². The number of aromatic nitrogens is 1. The number of hydrogen-bond acceptors (Lipinski definition) is 4. The third-order valence-electron chi connectivity index (χ3n) is 2.55. The molecule has 7 heteroatoms. The second-order valence-corrected chi connectivity index (χ2v) is 3.78. The molecule has 20 heavy (non-hydrogen) atoms. The van der Waals surface area contributed by atoms with Crippen LogP contribution in [0, 0.1) is 17.6 Å². The van der Waals surface area contributed by atoms with E-state index < -0.39 is 23.4 Å². The van der Waals surface area contributed by atoms with Crippen LogP contribution in [0.4, 0.5) is 24.7 Å². The topological polar surface area (TPSA) is 43.4 Å². The van der Waals surface area contributed by atoms with Gasteiger partial charge in [-0.25, -0.2) is 8.78 Å². The third kappa shape index (κ3) is 2.76. The maximum Gasteiger partial charge on any atom is 0.251 e. The Balaban J connectivity index is 2.37. The first kappa shape index (κ1) is 14.0. The fourth-order valence-electron chi connectivity index (χ4n) is 1.56. The molecule has 106 valence electrons. The fourth-order valence-corrected chi connectivity index (χ4v) is 1.56. The molecule has 1 N–H and O–H groups in total. The number of nitrogens with zero attached hydrogens (tertiary/aromatic N) is 1. The van der Waals surface area contributed by atoms with Crippen LogP contribution in [0.1, 0.15) is 0 Å². The normalized spacial score (nSPS) is 10.2. The lowest BCUT2D eigenvalue weighted by atomic mass is 10.2. The minimum Gasteiger partial charge on any atom is -0.497 e. The van der Waals surface area contributed by atoms with Crippen LogP contribution in [0.5, 0.6) is 11.5 Å². The Labute approximate surface area is 113 Å². The molecule has 2 aromatic rings. The number of ether oxygens (including phenoxy) is 2. The van der Waals surface area contributed by atoms with Crippen molar-refractivity contribution in [3.8, 4) is 11.5 Å². The summed E-state index contributed by atoms with van der Waals surface area (Å²) in [5, 5.41) is 2.54. The van der Waals surface area contributed by atoms with Crippen LogP contribution in [-0.2, 0) is 0 Å². The molecular weight excluding hydrogens is 273 g/mol. The lowest BCUT2D eigenvalue weighted by molar-refractivity contribution is 0.395. The highest BCUT2D eigenvalue weighted by Crippen LogP contribution is 2.31. The monoisotopic (exact) mass is 284 g/mol. The third-order valence-corrected chi connectivity index (χ3v) is 2.55. The molecule has 0 radical (unpaired) electrons. The van der Waals surface area contributed by atoms with E-state index in [0.717, 1.165) is 0 Å². The summed E-state index contributed by atoms with van der Waals surface area (Å²) < 4.78 is 49.4. The largest absolute Gasteiger partial charge is 0.497 e. The Morgan fingerprint density at radius 1 is 1.00 bits per heavy atom. The number of hydrogen-bond donors (Lipinski definition) is 1. The fraction of sp³-hybridized carbons (Fsp3) is 0.154. The number of halogens is 3. The zero-order valence-electron chi connectivity index (χ0n) is 10.7. The number of pyridine rings is 1. The van der Waals surface area contributed by atoms with Gasteiger partial charge in [0.1, 0.15) is 11.5 Å². The van der Waals surface area contributed by atoms with Gasteiger partial charge in [0.05, 0.1) is 19.9 Å². The van der Waals surface area contributed by atoms with Crippen LogP contribution in [0.3, 0.4) is 0 Å². The summed E-state index contributed by atoms with van der Waals surface area (Å²) in [7, 11) is 2.90.